The third kappa shape index (κ3) is 9.08. The molecule has 9 fully saturated rings. The Balaban J connectivity index is 0.819. The number of allylic oxidation sites excluding steroid dienone is 1. The molecule has 2 unspecified atom stereocenters. The summed E-state index contributed by atoms with van der Waals surface area (Å²) in [5.41, 5.74) is 0.378. The molecule has 10 rings (SSSR count). The molecule has 22 heteroatoms. The van der Waals surface area contributed by atoms with Gasteiger partial charge in [-0.3, -0.25) is 0 Å². The van der Waals surface area contributed by atoms with Crippen LogP contribution in [0.4, 0.5) is 0 Å². The van der Waals surface area contributed by atoms with Gasteiger partial charge in [0.25, 0.3) is 0 Å². The van der Waals surface area contributed by atoms with Crippen LogP contribution in [0.25, 0.3) is 0 Å². The lowest BCUT2D eigenvalue weighted by Crippen LogP contribution is -2.66. The van der Waals surface area contributed by atoms with Crippen LogP contribution in [0.2, 0.25) is 0 Å². The van der Waals surface area contributed by atoms with E-state index in [1.165, 1.54) is 12.5 Å². The van der Waals surface area contributed by atoms with E-state index in [-0.39, 0.29) is 35.4 Å². The van der Waals surface area contributed by atoms with E-state index >= 15 is 0 Å². The number of hydrogen-bond donors (Lipinski definition) is 12. The van der Waals surface area contributed by atoms with Crippen molar-refractivity contribution in [2.45, 2.75) is 233 Å². The molecule has 0 bridgehead atoms. The zero-order valence-corrected chi connectivity index (χ0v) is 41.7. The first-order chi connectivity index (χ1) is 34.1. The van der Waals surface area contributed by atoms with Crippen LogP contribution in [0.1, 0.15) is 92.4 Å². The molecule has 3 saturated carbocycles. The first-order valence-electron chi connectivity index (χ1n) is 26.3. The maximum absolute atomic E-state index is 11.6. The molecule has 30 atom stereocenters. The molecule has 6 saturated heterocycles. The normalized spacial score (nSPS) is 57.6. The van der Waals surface area contributed by atoms with Crippen molar-refractivity contribution in [3.63, 3.8) is 0 Å². The number of ether oxygens (including phenoxy) is 10. The molecule has 6 aliphatic heterocycles. The van der Waals surface area contributed by atoms with Crippen molar-refractivity contribution in [2.24, 2.45) is 40.4 Å². The first-order valence-corrected chi connectivity index (χ1v) is 26.3. The van der Waals surface area contributed by atoms with Crippen LogP contribution in [0.15, 0.2) is 11.6 Å². The summed E-state index contributed by atoms with van der Waals surface area (Å²) >= 11 is 0. The number of hydrogen-bond acceptors (Lipinski definition) is 22. The van der Waals surface area contributed by atoms with Crippen LogP contribution in [-0.2, 0) is 47.4 Å². The van der Waals surface area contributed by atoms with Crippen molar-refractivity contribution in [3.8, 4) is 0 Å². The van der Waals surface area contributed by atoms with Crippen molar-refractivity contribution in [3.05, 3.63) is 11.6 Å². The van der Waals surface area contributed by atoms with Gasteiger partial charge in [0.05, 0.1) is 50.3 Å². The van der Waals surface area contributed by atoms with E-state index in [0.717, 1.165) is 32.1 Å². The lowest BCUT2D eigenvalue weighted by Gasteiger charge is -2.58. The van der Waals surface area contributed by atoms with Gasteiger partial charge in [-0.2, -0.15) is 0 Å². The highest BCUT2D eigenvalue weighted by atomic mass is 16.8. The first kappa shape index (κ1) is 54.2. The quantitative estimate of drug-likeness (QED) is 0.0977. The van der Waals surface area contributed by atoms with E-state index in [9.17, 15) is 61.3 Å². The molecule has 22 nitrogen and oxygen atoms in total. The standard InChI is InChI=1S/C50H80O22/c1-20-31-28(71-50(20)13-12-47(3,72-50)19-64-44-39(61)37(59)34(56)29(16-51)67-44)15-26-24-7-6-22-14-23(8-10-48(22,4)25(24)9-11-49(26,31)5)66-46-42(70-45-40(62)36(58)32(54)21(2)65-45)41(35(57)30(17-52)68-46)69-43-38(60)33(55)27(53)18-63-43/h6,20-21,23-46,51-62H,7-19H2,1-5H3/t20-,21-,23-,24+,25-,26-,27+,28-,29+,30+,31-,32-,33-,34+,35-,36+,37-,38+,39+,40+,41-,42+,43-,44+,45-,46+,47?,48-,49-,50?/m0/s1. The second kappa shape index (κ2) is 20.3. The molecule has 0 aromatic rings. The van der Waals surface area contributed by atoms with E-state index < -0.39 is 154 Å². The van der Waals surface area contributed by atoms with Crippen molar-refractivity contribution >= 4 is 0 Å². The van der Waals surface area contributed by atoms with E-state index in [1.807, 2.05) is 6.92 Å². The Morgan fingerprint density at radius 2 is 1.31 bits per heavy atom. The fourth-order valence-electron chi connectivity index (χ4n) is 15.3. The molecule has 72 heavy (non-hydrogen) atoms. The highest BCUT2D eigenvalue weighted by Crippen LogP contribution is 2.71. The zero-order chi connectivity index (χ0) is 51.6. The van der Waals surface area contributed by atoms with E-state index in [2.05, 4.69) is 26.8 Å². The summed E-state index contributed by atoms with van der Waals surface area (Å²) in [6.45, 7) is 8.93. The summed E-state index contributed by atoms with van der Waals surface area (Å²) in [6, 6.07) is 0. The fourth-order valence-corrected chi connectivity index (χ4v) is 15.3. The van der Waals surface area contributed by atoms with Gasteiger partial charge in [0.2, 0.25) is 0 Å². The van der Waals surface area contributed by atoms with Crippen LogP contribution >= 0.6 is 0 Å². The van der Waals surface area contributed by atoms with Crippen LogP contribution in [-0.4, -0.2) is 228 Å². The molecule has 10 aliphatic rings. The predicted molar refractivity (Wildman–Crippen MR) is 242 cm³/mol. The molecule has 12 N–H and O–H groups in total. The van der Waals surface area contributed by atoms with Gasteiger partial charge >= 0.3 is 0 Å². The third-order valence-electron chi connectivity index (χ3n) is 19.5. The lowest BCUT2D eigenvalue weighted by molar-refractivity contribution is -0.390. The Morgan fingerprint density at radius 3 is 2.04 bits per heavy atom. The molecular weight excluding hydrogens is 953 g/mol. The van der Waals surface area contributed by atoms with Crippen molar-refractivity contribution in [1.29, 1.82) is 0 Å². The van der Waals surface area contributed by atoms with E-state index in [1.54, 1.807) is 0 Å². The predicted octanol–water partition coefficient (Wildman–Crippen LogP) is -2.21. The van der Waals surface area contributed by atoms with Gasteiger partial charge < -0.3 is 109 Å². The molecule has 0 aromatic carbocycles. The summed E-state index contributed by atoms with van der Waals surface area (Å²) in [5, 5.41) is 126. The Hall–Kier alpha value is -1.14. The molecule has 0 radical (unpaired) electrons. The van der Waals surface area contributed by atoms with Gasteiger partial charge in [0.15, 0.2) is 30.9 Å². The SMILES string of the molecule is C[C@@H]1O[C@@H](O[C@H]2[C@H](O[C@H]3CC[C@@]4(C)C(=CC[C@H]5[C@@H]6C[C@@H]7OC8(CCC(C)(CO[C@@H]9O[C@H](CO)[C@@H](O)[C@H](O)[C@H]9O)O8)[C@@H](C)[C@@H]7[C@@]6(C)CC[C@@H]54)C3)O[C@H](CO)[C@H](O)[C@@H]2O[C@@H]2OC[C@@H](O)[C@H](O)[C@H]2O)[C@H](O)[C@H](O)[C@H]1O. The van der Waals surface area contributed by atoms with Gasteiger partial charge in [-0.1, -0.05) is 32.4 Å². The zero-order valence-electron chi connectivity index (χ0n) is 41.7. The molecule has 4 aliphatic carbocycles. The highest BCUT2D eigenvalue weighted by Gasteiger charge is 2.70. The van der Waals surface area contributed by atoms with Gasteiger partial charge in [-0.05, 0) is 99.7 Å². The molecule has 412 valence electrons. The number of aliphatic hydroxyl groups is 12. The summed E-state index contributed by atoms with van der Waals surface area (Å²) in [6.07, 6.45) is -18.8. The summed E-state index contributed by atoms with van der Waals surface area (Å²) in [7, 11) is 0. The Bertz CT molecular complexity index is 1930. The molecule has 0 amide bonds. The Labute approximate surface area is 419 Å². The van der Waals surface area contributed by atoms with Crippen molar-refractivity contribution in [2.75, 3.05) is 26.4 Å². The van der Waals surface area contributed by atoms with E-state index in [4.69, 9.17) is 47.4 Å². The summed E-state index contributed by atoms with van der Waals surface area (Å²) in [5.74, 6) is 0.783. The topological polar surface area (TPSA) is 335 Å². The molecule has 6 heterocycles. The monoisotopic (exact) mass is 1030 g/mol. The minimum Gasteiger partial charge on any atom is -0.394 e. The minimum atomic E-state index is -1.75. The van der Waals surface area contributed by atoms with Crippen LogP contribution in [0, 0.1) is 40.4 Å². The largest absolute Gasteiger partial charge is 0.394 e. The van der Waals surface area contributed by atoms with Crippen LogP contribution in [0.3, 0.4) is 0 Å². The Morgan fingerprint density at radius 1 is 0.639 bits per heavy atom. The van der Waals surface area contributed by atoms with Crippen molar-refractivity contribution < 1.29 is 109 Å². The molecule has 0 aromatic heterocycles. The highest BCUT2D eigenvalue weighted by molar-refractivity contribution is 5.27. The maximum atomic E-state index is 11.6. The minimum absolute atomic E-state index is 0.00382. The van der Waals surface area contributed by atoms with Gasteiger partial charge in [0.1, 0.15) is 85.5 Å². The molecular formula is C50H80O22. The van der Waals surface area contributed by atoms with Gasteiger partial charge in [-0.15, -0.1) is 0 Å². The van der Waals surface area contributed by atoms with E-state index in [0.29, 0.717) is 43.4 Å². The van der Waals surface area contributed by atoms with Gasteiger partial charge in [-0.25, -0.2) is 0 Å². The fraction of sp³-hybridized carbons (Fsp3) is 0.960. The van der Waals surface area contributed by atoms with Crippen LogP contribution in [0.5, 0.6) is 0 Å². The number of aliphatic hydroxyl groups excluding tert-OH is 12. The summed E-state index contributed by atoms with van der Waals surface area (Å²) < 4.78 is 62.2. The average molecular weight is 1030 g/mol. The van der Waals surface area contributed by atoms with Crippen molar-refractivity contribution in [1.82, 2.24) is 0 Å². The van der Waals surface area contributed by atoms with Crippen LogP contribution < -0.4 is 0 Å². The molecule has 1 spiro atoms. The second-order valence-electron chi connectivity index (χ2n) is 23.7. The maximum Gasteiger partial charge on any atom is 0.187 e. The summed E-state index contributed by atoms with van der Waals surface area (Å²) in [4.78, 5) is 0. The third-order valence-corrected chi connectivity index (χ3v) is 19.5. The number of fused-ring (bicyclic) bond motifs is 7. The average Bonchev–Trinajstić information content (AvgIpc) is 3.96. The Kier molecular flexibility index (Phi) is 15.3. The lowest BCUT2D eigenvalue weighted by atomic mass is 9.47. The number of rotatable bonds is 11. The smallest absolute Gasteiger partial charge is 0.187 e. The van der Waals surface area contributed by atoms with Gasteiger partial charge in [0, 0.05) is 12.3 Å². The second-order valence-corrected chi connectivity index (χ2v) is 23.7.